The topological polar surface area (TPSA) is 75.5 Å². The fourth-order valence-corrected chi connectivity index (χ4v) is 2.72. The van der Waals surface area contributed by atoms with E-state index < -0.39 is 0 Å². The van der Waals surface area contributed by atoms with Crippen LogP contribution in [-0.4, -0.2) is 35.9 Å². The Morgan fingerprint density at radius 3 is 2.48 bits per heavy atom. The largest absolute Gasteiger partial charge is 0.493 e. The van der Waals surface area contributed by atoms with Gasteiger partial charge in [-0.15, -0.1) is 0 Å². The molecule has 130 valence electrons. The van der Waals surface area contributed by atoms with Crippen LogP contribution >= 0.6 is 0 Å². The molecule has 7 heteroatoms. The Hall–Kier alpha value is -3.09. The highest BCUT2D eigenvalue weighted by Gasteiger charge is 2.19. The molecule has 0 amide bonds. The molecular formula is C18H19N3O4. The van der Waals surface area contributed by atoms with Gasteiger partial charge in [-0.3, -0.25) is 14.3 Å². The molecule has 0 aliphatic carbocycles. The Kier molecular flexibility index (Phi) is 4.56. The number of methoxy groups -OCH3 is 3. The van der Waals surface area contributed by atoms with Crippen LogP contribution < -0.4 is 19.8 Å². The maximum atomic E-state index is 12.9. The van der Waals surface area contributed by atoms with Crippen LogP contribution in [0.3, 0.4) is 0 Å². The van der Waals surface area contributed by atoms with Gasteiger partial charge in [0.25, 0.3) is 5.56 Å². The van der Waals surface area contributed by atoms with Crippen molar-refractivity contribution in [2.24, 2.45) is 0 Å². The average Bonchev–Trinajstić information content (AvgIpc) is 2.64. The number of fused-ring (bicyclic) bond motifs is 1. The van der Waals surface area contributed by atoms with Crippen LogP contribution in [-0.2, 0) is 6.54 Å². The van der Waals surface area contributed by atoms with Crippen molar-refractivity contribution < 1.29 is 14.2 Å². The Morgan fingerprint density at radius 1 is 1.08 bits per heavy atom. The third-order valence-electron chi connectivity index (χ3n) is 4.06. The summed E-state index contributed by atoms with van der Waals surface area (Å²) < 4.78 is 17.6. The van der Waals surface area contributed by atoms with Crippen molar-refractivity contribution in [1.29, 1.82) is 0 Å². The van der Waals surface area contributed by atoms with Gasteiger partial charge in [-0.1, -0.05) is 6.07 Å². The van der Waals surface area contributed by atoms with E-state index in [1.54, 1.807) is 12.3 Å². The van der Waals surface area contributed by atoms with Gasteiger partial charge in [0, 0.05) is 6.20 Å². The first-order valence-corrected chi connectivity index (χ1v) is 7.69. The number of rotatable bonds is 5. The van der Waals surface area contributed by atoms with Crippen molar-refractivity contribution in [3.8, 4) is 17.2 Å². The number of aryl methyl sites for hydroxylation is 1. The molecule has 2 heterocycles. The van der Waals surface area contributed by atoms with E-state index in [0.717, 1.165) is 11.3 Å². The molecule has 0 aliphatic heterocycles. The van der Waals surface area contributed by atoms with Crippen molar-refractivity contribution in [2.45, 2.75) is 13.5 Å². The number of pyridine rings is 1. The molecule has 7 nitrogen and oxygen atoms in total. The highest BCUT2D eigenvalue weighted by Crippen LogP contribution is 2.41. The molecule has 0 saturated heterocycles. The maximum Gasteiger partial charge on any atom is 0.261 e. The van der Waals surface area contributed by atoms with Gasteiger partial charge >= 0.3 is 0 Å². The Bertz CT molecular complexity index is 982. The average molecular weight is 341 g/mol. The summed E-state index contributed by atoms with van der Waals surface area (Å²) in [6.45, 7) is 2.30. The van der Waals surface area contributed by atoms with E-state index in [1.165, 1.54) is 32.2 Å². The smallest absolute Gasteiger partial charge is 0.261 e. The second kappa shape index (κ2) is 6.80. The normalized spacial score (nSPS) is 10.7. The first kappa shape index (κ1) is 16.8. The lowest BCUT2D eigenvalue weighted by Crippen LogP contribution is -2.22. The summed E-state index contributed by atoms with van der Waals surface area (Å²) in [7, 11) is 4.52. The molecule has 0 unspecified atom stereocenters. The molecule has 0 radical (unpaired) electrons. The van der Waals surface area contributed by atoms with Crippen molar-refractivity contribution >= 4 is 10.9 Å². The standard InChI is InChI=1S/C18H19N3O4/c1-11-6-5-7-19-13(11)9-21-10-20-15-12(18(21)22)8-14(23-2)16(24-3)17(15)25-4/h5-8,10H,9H2,1-4H3. The lowest BCUT2D eigenvalue weighted by atomic mass is 10.2. The summed E-state index contributed by atoms with van der Waals surface area (Å²) in [6, 6.07) is 5.44. The number of benzene rings is 1. The van der Waals surface area contributed by atoms with E-state index in [9.17, 15) is 4.79 Å². The Morgan fingerprint density at radius 2 is 1.84 bits per heavy atom. The van der Waals surface area contributed by atoms with E-state index in [2.05, 4.69) is 9.97 Å². The van der Waals surface area contributed by atoms with E-state index in [1.807, 2.05) is 19.1 Å². The van der Waals surface area contributed by atoms with Gasteiger partial charge in [-0.2, -0.15) is 0 Å². The lowest BCUT2D eigenvalue weighted by molar-refractivity contribution is 0.326. The number of hydrogen-bond acceptors (Lipinski definition) is 6. The van der Waals surface area contributed by atoms with Gasteiger partial charge in [0.15, 0.2) is 11.5 Å². The molecule has 0 aliphatic rings. The fourth-order valence-electron chi connectivity index (χ4n) is 2.72. The highest BCUT2D eigenvalue weighted by atomic mass is 16.5. The maximum absolute atomic E-state index is 12.9. The molecule has 0 spiro atoms. The third-order valence-corrected chi connectivity index (χ3v) is 4.06. The molecule has 0 bridgehead atoms. The number of ether oxygens (including phenoxy) is 3. The molecule has 0 saturated carbocycles. The molecule has 2 aromatic heterocycles. The van der Waals surface area contributed by atoms with Gasteiger partial charge in [0.1, 0.15) is 5.52 Å². The van der Waals surface area contributed by atoms with Crippen LogP contribution in [0.4, 0.5) is 0 Å². The van der Waals surface area contributed by atoms with Gasteiger partial charge in [0.05, 0.1) is 45.3 Å². The van der Waals surface area contributed by atoms with Crippen molar-refractivity contribution in [1.82, 2.24) is 14.5 Å². The summed E-state index contributed by atoms with van der Waals surface area (Å²) in [5.41, 5.74) is 2.06. The first-order valence-electron chi connectivity index (χ1n) is 7.69. The van der Waals surface area contributed by atoms with Crippen molar-refractivity contribution in [3.63, 3.8) is 0 Å². The van der Waals surface area contributed by atoms with Crippen molar-refractivity contribution in [2.75, 3.05) is 21.3 Å². The number of nitrogens with zero attached hydrogens (tertiary/aromatic N) is 3. The summed E-state index contributed by atoms with van der Waals surface area (Å²) in [4.78, 5) is 21.7. The minimum atomic E-state index is -0.200. The molecule has 3 rings (SSSR count). The quantitative estimate of drug-likeness (QED) is 0.708. The zero-order valence-corrected chi connectivity index (χ0v) is 14.6. The number of aromatic nitrogens is 3. The molecule has 1 aromatic carbocycles. The SMILES string of the molecule is COc1cc2c(=O)n(Cc3ncccc3C)cnc2c(OC)c1OC. The minimum Gasteiger partial charge on any atom is -0.493 e. The van der Waals surface area contributed by atoms with Gasteiger partial charge < -0.3 is 14.2 Å². The van der Waals surface area contributed by atoms with Crippen LogP contribution in [0.5, 0.6) is 17.2 Å². The van der Waals surface area contributed by atoms with Crippen LogP contribution in [0.25, 0.3) is 10.9 Å². The second-order valence-corrected chi connectivity index (χ2v) is 5.49. The van der Waals surface area contributed by atoms with Crippen LogP contribution in [0.1, 0.15) is 11.3 Å². The Labute approximate surface area is 144 Å². The summed E-state index contributed by atoms with van der Waals surface area (Å²) in [5.74, 6) is 1.19. The number of hydrogen-bond donors (Lipinski definition) is 0. The molecule has 0 N–H and O–H groups in total. The monoisotopic (exact) mass is 341 g/mol. The molecule has 0 fully saturated rings. The van der Waals surface area contributed by atoms with Crippen LogP contribution in [0.15, 0.2) is 35.5 Å². The molecular weight excluding hydrogens is 322 g/mol. The molecule has 25 heavy (non-hydrogen) atoms. The van der Waals surface area contributed by atoms with E-state index >= 15 is 0 Å². The van der Waals surface area contributed by atoms with Gasteiger partial charge in [-0.25, -0.2) is 4.98 Å². The third kappa shape index (κ3) is 2.88. The highest BCUT2D eigenvalue weighted by molar-refractivity contribution is 5.89. The Balaban J connectivity index is 2.20. The second-order valence-electron chi connectivity index (χ2n) is 5.49. The lowest BCUT2D eigenvalue weighted by Gasteiger charge is -2.15. The van der Waals surface area contributed by atoms with E-state index in [0.29, 0.717) is 34.7 Å². The van der Waals surface area contributed by atoms with Crippen molar-refractivity contribution in [3.05, 3.63) is 52.3 Å². The van der Waals surface area contributed by atoms with Crippen LogP contribution in [0.2, 0.25) is 0 Å². The van der Waals surface area contributed by atoms with Crippen LogP contribution in [0, 0.1) is 6.92 Å². The minimum absolute atomic E-state index is 0.200. The molecule has 0 atom stereocenters. The van der Waals surface area contributed by atoms with E-state index in [4.69, 9.17) is 14.2 Å². The van der Waals surface area contributed by atoms with Gasteiger partial charge in [-0.05, 0) is 24.6 Å². The predicted molar refractivity (Wildman–Crippen MR) is 93.7 cm³/mol. The van der Waals surface area contributed by atoms with Gasteiger partial charge in [0.2, 0.25) is 5.75 Å². The molecule has 3 aromatic rings. The summed E-state index contributed by atoms with van der Waals surface area (Å²) in [5, 5.41) is 0.394. The zero-order valence-electron chi connectivity index (χ0n) is 14.6. The van der Waals surface area contributed by atoms with E-state index in [-0.39, 0.29) is 5.56 Å². The zero-order chi connectivity index (χ0) is 18.0. The summed E-state index contributed by atoms with van der Waals surface area (Å²) >= 11 is 0. The fraction of sp³-hybridized carbons (Fsp3) is 0.278. The predicted octanol–water partition coefficient (Wildman–Crippen LogP) is 2.17. The summed E-state index contributed by atoms with van der Waals surface area (Å²) in [6.07, 6.45) is 3.20. The first-order chi connectivity index (χ1) is 12.1.